The second kappa shape index (κ2) is 3.86. The average molecular weight is 167 g/mol. The molecule has 0 aromatic carbocycles. The Hall–Kier alpha value is -1.18. The quantitative estimate of drug-likeness (QED) is 0.483. The van der Waals surface area contributed by atoms with Gasteiger partial charge in [-0.15, -0.1) is 11.3 Å². The van der Waals surface area contributed by atoms with Crippen molar-refractivity contribution in [2.45, 2.75) is 0 Å². The van der Waals surface area contributed by atoms with Crippen LogP contribution in [0.15, 0.2) is 5.38 Å². The molecule has 1 rings (SSSR count). The van der Waals surface area contributed by atoms with Crippen LogP contribution in [-0.2, 0) is 0 Å². The van der Waals surface area contributed by atoms with Crippen molar-refractivity contribution in [1.82, 2.24) is 4.98 Å². The number of rotatable bonds is 1. The Morgan fingerprint density at radius 1 is 1.82 bits per heavy atom. The molecular formula is C7H5NO2S. The zero-order valence-electron chi connectivity index (χ0n) is 5.57. The van der Waals surface area contributed by atoms with Crippen LogP contribution in [0, 0.1) is 11.8 Å². The van der Waals surface area contributed by atoms with Gasteiger partial charge in [-0.2, -0.15) is 0 Å². The fourth-order valence-electron chi connectivity index (χ4n) is 0.513. The lowest BCUT2D eigenvalue weighted by Crippen LogP contribution is -1.79. The second-order valence-electron chi connectivity index (χ2n) is 1.66. The first-order valence-electron chi connectivity index (χ1n) is 2.87. The Balaban J connectivity index is 2.80. The summed E-state index contributed by atoms with van der Waals surface area (Å²) in [5.74, 6) is 5.04. The number of aliphatic hydroxyl groups is 1. The van der Waals surface area contributed by atoms with Crippen molar-refractivity contribution in [3.63, 3.8) is 0 Å². The van der Waals surface area contributed by atoms with Crippen molar-refractivity contribution in [1.29, 1.82) is 0 Å². The van der Waals surface area contributed by atoms with Crippen molar-refractivity contribution in [2.75, 3.05) is 6.61 Å². The summed E-state index contributed by atoms with van der Waals surface area (Å²) in [6, 6.07) is 0. The number of hydrogen-bond donors (Lipinski definition) is 1. The number of aldehydes is 1. The monoisotopic (exact) mass is 167 g/mol. The summed E-state index contributed by atoms with van der Waals surface area (Å²) < 4.78 is 0. The molecule has 0 atom stereocenters. The summed E-state index contributed by atoms with van der Waals surface area (Å²) in [6.45, 7) is -0.185. The first-order chi connectivity index (χ1) is 5.36. The number of nitrogens with zero attached hydrogens (tertiary/aromatic N) is 1. The van der Waals surface area contributed by atoms with Gasteiger partial charge in [0.2, 0.25) is 0 Å². The largest absolute Gasteiger partial charge is 0.384 e. The minimum absolute atomic E-state index is 0.185. The molecule has 0 saturated heterocycles. The van der Waals surface area contributed by atoms with Crippen LogP contribution in [0.1, 0.15) is 15.5 Å². The summed E-state index contributed by atoms with van der Waals surface area (Å²) in [5.41, 5.74) is 0.386. The van der Waals surface area contributed by atoms with E-state index in [1.165, 1.54) is 11.3 Å². The van der Waals surface area contributed by atoms with Crippen LogP contribution in [0.4, 0.5) is 0 Å². The fourth-order valence-corrected chi connectivity index (χ4v) is 1.14. The number of aliphatic hydroxyl groups excluding tert-OH is 1. The molecule has 0 spiro atoms. The third kappa shape index (κ3) is 2.15. The van der Waals surface area contributed by atoms with E-state index in [2.05, 4.69) is 16.8 Å². The average Bonchev–Trinajstić information content (AvgIpc) is 2.48. The molecule has 0 bridgehead atoms. The summed E-state index contributed by atoms with van der Waals surface area (Å²) in [7, 11) is 0. The number of aromatic nitrogens is 1. The van der Waals surface area contributed by atoms with E-state index in [0.29, 0.717) is 17.0 Å². The van der Waals surface area contributed by atoms with Crippen molar-refractivity contribution in [3.8, 4) is 11.8 Å². The maximum Gasteiger partial charge on any atom is 0.169 e. The number of hydrogen-bond acceptors (Lipinski definition) is 4. The van der Waals surface area contributed by atoms with Crippen LogP contribution in [0.2, 0.25) is 0 Å². The zero-order valence-corrected chi connectivity index (χ0v) is 6.39. The summed E-state index contributed by atoms with van der Waals surface area (Å²) in [6.07, 6.45) is 0.667. The van der Waals surface area contributed by atoms with Gasteiger partial charge in [-0.05, 0) is 5.92 Å². The molecule has 0 aliphatic rings. The Bertz CT molecular complexity index is 308. The number of carbonyl (C=O) groups is 1. The highest BCUT2D eigenvalue weighted by molar-refractivity contribution is 7.10. The number of carbonyl (C=O) groups excluding carboxylic acids is 1. The molecule has 1 heterocycles. The predicted octanol–water partition coefficient (Wildman–Crippen LogP) is 0.299. The minimum Gasteiger partial charge on any atom is -0.384 e. The zero-order chi connectivity index (χ0) is 8.10. The van der Waals surface area contributed by atoms with Crippen LogP contribution in [0.5, 0.6) is 0 Å². The molecule has 1 aromatic heterocycles. The van der Waals surface area contributed by atoms with Gasteiger partial charge in [0.1, 0.15) is 12.3 Å². The van der Waals surface area contributed by atoms with E-state index in [9.17, 15) is 4.79 Å². The molecule has 0 saturated carbocycles. The van der Waals surface area contributed by atoms with Crippen molar-refractivity contribution < 1.29 is 9.90 Å². The molecule has 0 amide bonds. The van der Waals surface area contributed by atoms with Gasteiger partial charge < -0.3 is 5.11 Å². The van der Waals surface area contributed by atoms with Gasteiger partial charge in [-0.25, -0.2) is 4.98 Å². The van der Waals surface area contributed by atoms with Crippen LogP contribution >= 0.6 is 11.3 Å². The molecule has 0 aliphatic carbocycles. The Labute approximate surface area is 67.7 Å². The number of thiazole rings is 1. The predicted molar refractivity (Wildman–Crippen MR) is 41.5 cm³/mol. The third-order valence-electron chi connectivity index (χ3n) is 0.917. The standard InChI is InChI=1S/C7H5NO2S/c9-3-1-2-7-8-6(4-10)5-11-7/h4-5,9H,3H2. The summed E-state index contributed by atoms with van der Waals surface area (Å²) in [5, 5.41) is 10.5. The molecule has 3 nitrogen and oxygen atoms in total. The SMILES string of the molecule is O=Cc1csc(C#CCO)n1. The topological polar surface area (TPSA) is 50.2 Å². The van der Waals surface area contributed by atoms with Crippen molar-refractivity contribution in [2.24, 2.45) is 0 Å². The van der Waals surface area contributed by atoms with Crippen molar-refractivity contribution in [3.05, 3.63) is 16.1 Å². The third-order valence-corrected chi connectivity index (χ3v) is 1.69. The first kappa shape index (κ1) is 7.92. The second-order valence-corrected chi connectivity index (χ2v) is 2.51. The van der Waals surface area contributed by atoms with E-state index < -0.39 is 0 Å². The maximum atomic E-state index is 10.1. The lowest BCUT2D eigenvalue weighted by Gasteiger charge is -1.74. The molecule has 56 valence electrons. The van der Waals surface area contributed by atoms with Gasteiger partial charge in [0.25, 0.3) is 0 Å². The van der Waals surface area contributed by atoms with E-state index in [4.69, 9.17) is 5.11 Å². The highest BCUT2D eigenvalue weighted by Gasteiger charge is 1.95. The molecule has 11 heavy (non-hydrogen) atoms. The highest BCUT2D eigenvalue weighted by atomic mass is 32.1. The van der Waals surface area contributed by atoms with E-state index in [-0.39, 0.29) is 6.61 Å². The van der Waals surface area contributed by atoms with Gasteiger partial charge in [-0.1, -0.05) is 5.92 Å². The van der Waals surface area contributed by atoms with E-state index >= 15 is 0 Å². The molecule has 0 aliphatic heterocycles. The molecule has 0 radical (unpaired) electrons. The Morgan fingerprint density at radius 2 is 2.64 bits per heavy atom. The van der Waals surface area contributed by atoms with E-state index in [1.54, 1.807) is 5.38 Å². The maximum absolute atomic E-state index is 10.1. The summed E-state index contributed by atoms with van der Waals surface area (Å²) in [4.78, 5) is 14.0. The van der Waals surface area contributed by atoms with Crippen molar-refractivity contribution >= 4 is 17.6 Å². The normalized spacial score (nSPS) is 8.45. The molecule has 1 aromatic rings. The van der Waals surface area contributed by atoms with Gasteiger partial charge in [0.05, 0.1) is 0 Å². The van der Waals surface area contributed by atoms with Crippen LogP contribution < -0.4 is 0 Å². The van der Waals surface area contributed by atoms with Gasteiger partial charge in [-0.3, -0.25) is 4.79 Å². The van der Waals surface area contributed by atoms with Crippen LogP contribution in [0.3, 0.4) is 0 Å². The van der Waals surface area contributed by atoms with E-state index in [0.717, 1.165) is 0 Å². The van der Waals surface area contributed by atoms with Gasteiger partial charge in [0.15, 0.2) is 11.3 Å². The lowest BCUT2D eigenvalue weighted by molar-refractivity contribution is 0.111. The molecular weight excluding hydrogens is 162 g/mol. The summed E-state index contributed by atoms with van der Waals surface area (Å²) >= 11 is 1.29. The molecule has 0 unspecified atom stereocenters. The van der Waals surface area contributed by atoms with Crippen LogP contribution in [-0.4, -0.2) is 23.0 Å². The lowest BCUT2D eigenvalue weighted by atomic mass is 10.5. The fraction of sp³-hybridized carbons (Fsp3) is 0.143. The van der Waals surface area contributed by atoms with Crippen LogP contribution in [0.25, 0.3) is 0 Å². The molecule has 0 fully saturated rings. The van der Waals surface area contributed by atoms with E-state index in [1.807, 2.05) is 0 Å². The van der Waals surface area contributed by atoms with Gasteiger partial charge >= 0.3 is 0 Å². The molecule has 1 N–H and O–H groups in total. The smallest absolute Gasteiger partial charge is 0.169 e. The van der Waals surface area contributed by atoms with Gasteiger partial charge in [0, 0.05) is 5.38 Å². The molecule has 4 heteroatoms. The minimum atomic E-state index is -0.185. The highest BCUT2D eigenvalue weighted by Crippen LogP contribution is 2.05. The Morgan fingerprint density at radius 3 is 3.18 bits per heavy atom. The Kier molecular flexibility index (Phi) is 2.78. The first-order valence-corrected chi connectivity index (χ1v) is 3.75.